The van der Waals surface area contributed by atoms with Crippen molar-refractivity contribution >= 4 is 34.8 Å². The zero-order valence-corrected chi connectivity index (χ0v) is 19.6. The number of anilines is 1. The Labute approximate surface area is 204 Å². The molecule has 3 aromatic rings. The first kappa shape index (κ1) is 22.7. The van der Waals surface area contributed by atoms with E-state index in [1.807, 2.05) is 6.92 Å². The lowest BCUT2D eigenvalue weighted by molar-refractivity contribution is -0.135. The molecule has 180 valence electrons. The maximum atomic E-state index is 12.7. The van der Waals surface area contributed by atoms with E-state index >= 15 is 0 Å². The van der Waals surface area contributed by atoms with Crippen LogP contribution in [0.4, 0.5) is 5.69 Å². The summed E-state index contributed by atoms with van der Waals surface area (Å²) >= 11 is 6.12. The van der Waals surface area contributed by atoms with Gasteiger partial charge in [0.2, 0.25) is 24.4 Å². The summed E-state index contributed by atoms with van der Waals surface area (Å²) in [4.78, 5) is 29.5. The van der Waals surface area contributed by atoms with E-state index in [9.17, 15) is 9.59 Å². The van der Waals surface area contributed by atoms with E-state index in [1.54, 1.807) is 30.3 Å². The van der Waals surface area contributed by atoms with Gasteiger partial charge in [-0.3, -0.25) is 9.59 Å². The summed E-state index contributed by atoms with van der Waals surface area (Å²) in [6, 6.07) is 8.62. The number of hydrogen-bond acceptors (Lipinski definition) is 9. The Morgan fingerprint density at radius 2 is 2.03 bits per heavy atom. The highest BCUT2D eigenvalue weighted by Gasteiger charge is 2.27. The third kappa shape index (κ3) is 4.62. The number of rotatable bonds is 6. The molecule has 5 rings (SSSR count). The van der Waals surface area contributed by atoms with Gasteiger partial charge in [0.1, 0.15) is 18.0 Å². The third-order valence-corrected chi connectivity index (χ3v) is 5.86. The quantitative estimate of drug-likeness (QED) is 0.548. The first-order valence-electron chi connectivity index (χ1n) is 10.7. The molecule has 0 spiro atoms. The van der Waals surface area contributed by atoms with Crippen LogP contribution in [-0.4, -0.2) is 53.1 Å². The van der Waals surface area contributed by atoms with Gasteiger partial charge >= 0.3 is 0 Å². The molecule has 35 heavy (non-hydrogen) atoms. The number of ether oxygens (including phenoxy) is 3. The van der Waals surface area contributed by atoms with Crippen molar-refractivity contribution in [3.8, 4) is 28.6 Å². The van der Waals surface area contributed by atoms with Crippen LogP contribution in [-0.2, 0) is 9.59 Å². The second-order valence-corrected chi connectivity index (χ2v) is 8.25. The highest BCUT2D eigenvalue weighted by molar-refractivity contribution is 6.31. The van der Waals surface area contributed by atoms with Crippen molar-refractivity contribution < 1.29 is 28.3 Å². The Bertz CT molecular complexity index is 1350. The average Bonchev–Trinajstić information content (AvgIpc) is 3.52. The number of aromatic nitrogens is 2. The van der Waals surface area contributed by atoms with Crippen molar-refractivity contribution in [1.82, 2.24) is 15.1 Å². The minimum Gasteiger partial charge on any atom is -0.495 e. The first-order valence-corrected chi connectivity index (χ1v) is 11.0. The van der Waals surface area contributed by atoms with E-state index in [2.05, 4.69) is 20.6 Å². The fourth-order valence-electron chi connectivity index (χ4n) is 3.63. The monoisotopic (exact) mass is 497 g/mol. The molecule has 11 nitrogen and oxygen atoms in total. The Kier molecular flexibility index (Phi) is 6.00. The van der Waals surface area contributed by atoms with Gasteiger partial charge in [-0.15, -0.1) is 0 Å². The topological polar surface area (TPSA) is 128 Å². The van der Waals surface area contributed by atoms with Gasteiger partial charge in [-0.1, -0.05) is 16.8 Å². The summed E-state index contributed by atoms with van der Waals surface area (Å²) in [7, 11) is 1.48. The normalized spacial score (nSPS) is 14.7. The molecule has 0 atom stereocenters. The van der Waals surface area contributed by atoms with Gasteiger partial charge in [0, 0.05) is 29.5 Å². The zero-order valence-electron chi connectivity index (χ0n) is 18.8. The van der Waals surface area contributed by atoms with Crippen LogP contribution in [0.3, 0.4) is 0 Å². The summed E-state index contributed by atoms with van der Waals surface area (Å²) < 4.78 is 21.4. The fourth-order valence-corrected chi connectivity index (χ4v) is 3.78. The van der Waals surface area contributed by atoms with E-state index in [1.165, 1.54) is 7.11 Å². The highest BCUT2D eigenvalue weighted by atomic mass is 35.5. The van der Waals surface area contributed by atoms with E-state index in [-0.39, 0.29) is 31.6 Å². The smallest absolute Gasteiger partial charge is 0.274 e. The van der Waals surface area contributed by atoms with Crippen molar-refractivity contribution in [3.05, 3.63) is 46.8 Å². The molecule has 0 saturated heterocycles. The van der Waals surface area contributed by atoms with E-state index in [0.717, 1.165) is 10.6 Å². The van der Waals surface area contributed by atoms with Crippen molar-refractivity contribution in [2.75, 3.05) is 25.8 Å². The van der Waals surface area contributed by atoms with Gasteiger partial charge in [0.25, 0.3) is 5.89 Å². The van der Waals surface area contributed by atoms with Crippen LogP contribution in [0, 0.1) is 6.92 Å². The van der Waals surface area contributed by atoms with Crippen LogP contribution in [0.25, 0.3) is 11.4 Å². The van der Waals surface area contributed by atoms with E-state index in [0.29, 0.717) is 51.5 Å². The molecule has 1 aromatic heterocycles. The highest BCUT2D eigenvalue weighted by Crippen LogP contribution is 2.35. The minimum atomic E-state index is -0.449. The van der Waals surface area contributed by atoms with Crippen molar-refractivity contribution in [1.29, 1.82) is 0 Å². The molecule has 2 amide bonds. The molecule has 0 fully saturated rings. The summed E-state index contributed by atoms with van der Waals surface area (Å²) in [6.07, 6.45) is 0.459. The molecule has 0 unspecified atom stereocenters. The average molecular weight is 498 g/mol. The standard InChI is InChI=1S/C23H20ClN5O6/c1-12-7-16(18(32-2)9-14(12)24)25-20(30)10-29-21(31)6-4-15(27-29)23-26-22(28-35-23)13-3-5-17-19(8-13)34-11-33-17/h3,5,7-9H,4,6,10-11H2,1-2H3,(H,25,30). The molecule has 0 saturated carbocycles. The van der Waals surface area contributed by atoms with E-state index < -0.39 is 5.91 Å². The Balaban J connectivity index is 1.31. The maximum Gasteiger partial charge on any atom is 0.274 e. The number of carbonyl (C=O) groups excluding carboxylic acids is 2. The number of nitrogens with zero attached hydrogens (tertiary/aromatic N) is 4. The number of hydrazone groups is 1. The Hall–Kier alpha value is -4.12. The van der Waals surface area contributed by atoms with Gasteiger partial charge in [0.05, 0.1) is 12.8 Å². The molecule has 3 heterocycles. The maximum absolute atomic E-state index is 12.7. The molecule has 0 aliphatic carbocycles. The Morgan fingerprint density at radius 1 is 1.20 bits per heavy atom. The summed E-state index contributed by atoms with van der Waals surface area (Å²) in [5.74, 6) is 1.42. The van der Waals surface area contributed by atoms with Crippen LogP contribution >= 0.6 is 11.6 Å². The molecule has 0 radical (unpaired) electrons. The molecular weight excluding hydrogens is 478 g/mol. The number of benzene rings is 2. The van der Waals surface area contributed by atoms with Crippen LogP contribution in [0.2, 0.25) is 5.02 Å². The zero-order chi connectivity index (χ0) is 24.5. The predicted molar refractivity (Wildman–Crippen MR) is 125 cm³/mol. The molecule has 12 heteroatoms. The van der Waals surface area contributed by atoms with Crippen LogP contribution in [0.15, 0.2) is 40.0 Å². The number of nitrogens with one attached hydrogen (secondary N) is 1. The Morgan fingerprint density at radius 3 is 2.86 bits per heavy atom. The summed E-state index contributed by atoms with van der Waals surface area (Å²) in [5.41, 5.74) is 2.31. The van der Waals surface area contributed by atoms with Crippen molar-refractivity contribution in [2.45, 2.75) is 19.8 Å². The van der Waals surface area contributed by atoms with Crippen molar-refractivity contribution in [2.24, 2.45) is 5.10 Å². The molecule has 2 aliphatic rings. The van der Waals surface area contributed by atoms with Gasteiger partial charge < -0.3 is 24.1 Å². The van der Waals surface area contributed by atoms with Gasteiger partial charge in [-0.25, -0.2) is 5.01 Å². The lowest BCUT2D eigenvalue weighted by Crippen LogP contribution is -2.38. The molecule has 2 aliphatic heterocycles. The second kappa shape index (κ2) is 9.26. The SMILES string of the molecule is COc1cc(Cl)c(C)cc1NC(=O)CN1N=C(c2nc(-c3ccc4c(c3)OCO4)no2)CCC1=O. The number of halogens is 1. The minimum absolute atomic E-state index is 0.150. The predicted octanol–water partition coefficient (Wildman–Crippen LogP) is 3.40. The largest absolute Gasteiger partial charge is 0.495 e. The molecule has 2 aromatic carbocycles. The molecular formula is C23H20ClN5O6. The second-order valence-electron chi connectivity index (χ2n) is 7.84. The number of hydrogen-bond donors (Lipinski definition) is 1. The van der Waals surface area contributed by atoms with Crippen molar-refractivity contribution in [3.63, 3.8) is 0 Å². The number of amides is 2. The number of carbonyl (C=O) groups is 2. The molecule has 1 N–H and O–H groups in total. The lowest BCUT2D eigenvalue weighted by Gasteiger charge is -2.22. The number of fused-ring (bicyclic) bond motifs is 1. The van der Waals surface area contributed by atoms with Crippen LogP contribution in [0.5, 0.6) is 17.2 Å². The lowest BCUT2D eigenvalue weighted by atomic mass is 10.1. The van der Waals surface area contributed by atoms with Gasteiger partial charge in [-0.2, -0.15) is 10.1 Å². The first-order chi connectivity index (χ1) is 16.9. The summed E-state index contributed by atoms with van der Waals surface area (Å²) in [6.45, 7) is 1.68. The number of methoxy groups -OCH3 is 1. The van der Waals surface area contributed by atoms with Crippen LogP contribution < -0.4 is 19.5 Å². The van der Waals surface area contributed by atoms with E-state index in [4.69, 9.17) is 30.3 Å². The van der Waals surface area contributed by atoms with Gasteiger partial charge in [0.15, 0.2) is 11.5 Å². The summed E-state index contributed by atoms with van der Waals surface area (Å²) in [5, 5.41) is 12.7. The fraction of sp³-hybridized carbons (Fsp3) is 0.261. The van der Waals surface area contributed by atoms with Gasteiger partial charge in [-0.05, 0) is 36.8 Å². The number of aryl methyl sites for hydroxylation is 1. The van der Waals surface area contributed by atoms with Crippen LogP contribution in [0.1, 0.15) is 24.3 Å². The molecule has 0 bridgehead atoms. The third-order valence-electron chi connectivity index (χ3n) is 5.46.